The van der Waals surface area contributed by atoms with E-state index < -0.39 is 0 Å². The zero-order chi connectivity index (χ0) is 16.2. The highest BCUT2D eigenvalue weighted by Crippen LogP contribution is 2.24. The van der Waals surface area contributed by atoms with Crippen molar-refractivity contribution in [3.8, 4) is 0 Å². The molecule has 1 amide bonds. The van der Waals surface area contributed by atoms with Crippen LogP contribution < -0.4 is 0 Å². The van der Waals surface area contributed by atoms with Gasteiger partial charge in [-0.05, 0) is 62.4 Å². The van der Waals surface area contributed by atoms with E-state index in [1.165, 1.54) is 18.4 Å². The molecule has 0 aliphatic carbocycles. The molecule has 1 atom stereocenters. The summed E-state index contributed by atoms with van der Waals surface area (Å²) in [7, 11) is 0. The standard InChI is InChI=1S/C19H27ClN2O/c1-15-4-3-9-22(13-15)19(23)17-7-10-21(11-8-17)14-16-5-2-6-18(20)12-16/h2,5-6,12,15,17H,3-4,7-11,13-14H2,1H3/t15-/m1/s1. The van der Waals surface area contributed by atoms with E-state index in [0.717, 1.165) is 50.6 Å². The first-order chi connectivity index (χ1) is 11.1. The van der Waals surface area contributed by atoms with Gasteiger partial charge in [-0.25, -0.2) is 0 Å². The summed E-state index contributed by atoms with van der Waals surface area (Å²) in [5.41, 5.74) is 1.26. The van der Waals surface area contributed by atoms with Gasteiger partial charge in [0, 0.05) is 30.6 Å². The Hall–Kier alpha value is -1.06. The van der Waals surface area contributed by atoms with Gasteiger partial charge in [0.25, 0.3) is 0 Å². The highest BCUT2D eigenvalue weighted by Gasteiger charge is 2.30. The van der Waals surface area contributed by atoms with E-state index in [1.54, 1.807) is 0 Å². The van der Waals surface area contributed by atoms with Crippen LogP contribution in [0.1, 0.15) is 38.2 Å². The predicted molar refractivity (Wildman–Crippen MR) is 94.4 cm³/mol. The summed E-state index contributed by atoms with van der Waals surface area (Å²) in [5.74, 6) is 1.30. The summed E-state index contributed by atoms with van der Waals surface area (Å²) < 4.78 is 0. The largest absolute Gasteiger partial charge is 0.342 e. The summed E-state index contributed by atoms with van der Waals surface area (Å²) in [6.45, 7) is 7.13. The normalized spacial score (nSPS) is 23.9. The molecule has 0 radical (unpaired) electrons. The molecular formula is C19H27ClN2O. The molecule has 0 N–H and O–H groups in total. The van der Waals surface area contributed by atoms with Crippen LogP contribution in [-0.4, -0.2) is 41.9 Å². The molecule has 4 heteroatoms. The van der Waals surface area contributed by atoms with Crippen molar-refractivity contribution in [3.05, 3.63) is 34.9 Å². The third-order valence-corrected chi connectivity index (χ3v) is 5.44. The number of rotatable bonds is 3. The first kappa shape index (κ1) is 16.8. The zero-order valence-electron chi connectivity index (χ0n) is 14.0. The highest BCUT2D eigenvalue weighted by molar-refractivity contribution is 6.30. The summed E-state index contributed by atoms with van der Waals surface area (Å²) in [6.07, 6.45) is 4.41. The molecule has 0 unspecified atom stereocenters. The van der Waals surface area contributed by atoms with Gasteiger partial charge >= 0.3 is 0 Å². The average molecular weight is 335 g/mol. The van der Waals surface area contributed by atoms with Gasteiger partial charge in [0.2, 0.25) is 5.91 Å². The molecule has 2 aliphatic heterocycles. The van der Waals surface area contributed by atoms with Crippen LogP contribution in [-0.2, 0) is 11.3 Å². The van der Waals surface area contributed by atoms with Crippen LogP contribution in [0.2, 0.25) is 5.02 Å². The molecule has 23 heavy (non-hydrogen) atoms. The van der Waals surface area contributed by atoms with Gasteiger partial charge in [0.1, 0.15) is 0 Å². The Morgan fingerprint density at radius 2 is 2.00 bits per heavy atom. The maximum absolute atomic E-state index is 12.7. The van der Waals surface area contributed by atoms with Gasteiger partial charge in [-0.1, -0.05) is 30.7 Å². The SMILES string of the molecule is C[C@@H]1CCCN(C(=O)C2CCN(Cc3cccc(Cl)c3)CC2)C1. The van der Waals surface area contributed by atoms with Crippen molar-refractivity contribution in [1.82, 2.24) is 9.80 Å². The molecule has 3 rings (SSSR count). The van der Waals surface area contributed by atoms with Crippen LogP contribution in [0, 0.1) is 11.8 Å². The lowest BCUT2D eigenvalue weighted by atomic mass is 9.92. The van der Waals surface area contributed by atoms with Crippen molar-refractivity contribution in [2.24, 2.45) is 11.8 Å². The first-order valence-electron chi connectivity index (χ1n) is 8.87. The van der Waals surface area contributed by atoms with Crippen molar-refractivity contribution in [3.63, 3.8) is 0 Å². The maximum Gasteiger partial charge on any atom is 0.225 e. The van der Waals surface area contributed by atoms with Crippen LogP contribution in [0.3, 0.4) is 0 Å². The number of nitrogens with zero attached hydrogens (tertiary/aromatic N) is 2. The topological polar surface area (TPSA) is 23.6 Å². The lowest BCUT2D eigenvalue weighted by Gasteiger charge is -2.37. The zero-order valence-corrected chi connectivity index (χ0v) is 14.8. The number of carbonyl (C=O) groups excluding carboxylic acids is 1. The average Bonchev–Trinajstić information content (AvgIpc) is 2.55. The van der Waals surface area contributed by atoms with Crippen LogP contribution in [0.25, 0.3) is 0 Å². The second-order valence-electron chi connectivity index (χ2n) is 7.21. The van der Waals surface area contributed by atoms with Gasteiger partial charge in [-0.3, -0.25) is 9.69 Å². The van der Waals surface area contributed by atoms with E-state index in [2.05, 4.69) is 22.8 Å². The number of benzene rings is 1. The Balaban J connectivity index is 1.49. The third-order valence-electron chi connectivity index (χ3n) is 5.20. The number of piperidine rings is 2. The Bertz CT molecular complexity index is 540. The van der Waals surface area contributed by atoms with Gasteiger partial charge in [-0.2, -0.15) is 0 Å². The Morgan fingerprint density at radius 1 is 1.22 bits per heavy atom. The van der Waals surface area contributed by atoms with Crippen molar-refractivity contribution in [1.29, 1.82) is 0 Å². The smallest absolute Gasteiger partial charge is 0.225 e. The van der Waals surface area contributed by atoms with E-state index in [1.807, 2.05) is 18.2 Å². The fourth-order valence-electron chi connectivity index (χ4n) is 3.88. The number of halogens is 1. The highest BCUT2D eigenvalue weighted by atomic mass is 35.5. The van der Waals surface area contributed by atoms with E-state index in [0.29, 0.717) is 11.8 Å². The van der Waals surface area contributed by atoms with Crippen molar-refractivity contribution in [2.75, 3.05) is 26.2 Å². The molecule has 0 saturated carbocycles. The molecule has 2 fully saturated rings. The number of hydrogen-bond acceptors (Lipinski definition) is 2. The minimum absolute atomic E-state index is 0.232. The van der Waals surface area contributed by atoms with E-state index in [9.17, 15) is 4.79 Å². The minimum atomic E-state index is 0.232. The lowest BCUT2D eigenvalue weighted by Crippen LogP contribution is -2.45. The Labute approximate surface area is 144 Å². The quantitative estimate of drug-likeness (QED) is 0.839. The molecule has 3 nitrogen and oxygen atoms in total. The summed E-state index contributed by atoms with van der Waals surface area (Å²) >= 11 is 6.06. The Kier molecular flexibility index (Phi) is 5.60. The van der Waals surface area contributed by atoms with Gasteiger partial charge in [-0.15, -0.1) is 0 Å². The number of amides is 1. The molecule has 126 valence electrons. The van der Waals surface area contributed by atoms with Crippen LogP contribution in [0.15, 0.2) is 24.3 Å². The molecule has 0 aromatic heterocycles. The van der Waals surface area contributed by atoms with Gasteiger partial charge in [0.15, 0.2) is 0 Å². The van der Waals surface area contributed by atoms with Gasteiger partial charge in [0.05, 0.1) is 0 Å². The van der Waals surface area contributed by atoms with Crippen LogP contribution in [0.4, 0.5) is 0 Å². The first-order valence-corrected chi connectivity index (χ1v) is 9.25. The van der Waals surface area contributed by atoms with Gasteiger partial charge < -0.3 is 4.90 Å². The van der Waals surface area contributed by atoms with Crippen LogP contribution >= 0.6 is 11.6 Å². The molecular weight excluding hydrogens is 308 g/mol. The molecule has 2 saturated heterocycles. The molecule has 1 aromatic carbocycles. The third kappa shape index (κ3) is 4.48. The summed E-state index contributed by atoms with van der Waals surface area (Å²) in [5, 5.41) is 0.798. The lowest BCUT2D eigenvalue weighted by molar-refractivity contribution is -0.138. The van der Waals surface area contributed by atoms with E-state index >= 15 is 0 Å². The van der Waals surface area contributed by atoms with E-state index in [-0.39, 0.29) is 5.92 Å². The number of carbonyl (C=O) groups is 1. The molecule has 0 bridgehead atoms. The van der Waals surface area contributed by atoms with Crippen molar-refractivity contribution < 1.29 is 4.79 Å². The molecule has 1 aromatic rings. The minimum Gasteiger partial charge on any atom is -0.342 e. The molecule has 2 heterocycles. The number of hydrogen-bond donors (Lipinski definition) is 0. The molecule has 2 aliphatic rings. The summed E-state index contributed by atoms with van der Waals surface area (Å²) in [6, 6.07) is 8.08. The second-order valence-corrected chi connectivity index (χ2v) is 7.65. The van der Waals surface area contributed by atoms with Crippen molar-refractivity contribution >= 4 is 17.5 Å². The maximum atomic E-state index is 12.7. The summed E-state index contributed by atoms with van der Waals surface area (Å²) in [4.78, 5) is 17.3. The number of likely N-dealkylation sites (tertiary alicyclic amines) is 2. The van der Waals surface area contributed by atoms with Crippen molar-refractivity contribution in [2.45, 2.75) is 39.2 Å². The fourth-order valence-corrected chi connectivity index (χ4v) is 4.09. The van der Waals surface area contributed by atoms with E-state index in [4.69, 9.17) is 11.6 Å². The molecule has 0 spiro atoms. The predicted octanol–water partition coefficient (Wildman–Crippen LogP) is 3.81. The van der Waals surface area contributed by atoms with Crippen LogP contribution in [0.5, 0.6) is 0 Å². The second kappa shape index (κ2) is 7.67. The fraction of sp³-hybridized carbons (Fsp3) is 0.632. The monoisotopic (exact) mass is 334 g/mol. The Morgan fingerprint density at radius 3 is 2.70 bits per heavy atom.